The summed E-state index contributed by atoms with van der Waals surface area (Å²) in [5, 5.41) is 17.4. The summed E-state index contributed by atoms with van der Waals surface area (Å²) in [7, 11) is 1.72. The fraction of sp³-hybridized carbons (Fsp3) is 0.250. The summed E-state index contributed by atoms with van der Waals surface area (Å²) < 4.78 is 1.57. The number of aromatic nitrogens is 2. The number of carbonyl (C=O) groups is 2. The molecule has 6 nitrogen and oxygen atoms in total. The average molecular weight is 279 g/mol. The summed E-state index contributed by atoms with van der Waals surface area (Å²) in [6.45, 7) is 1.82. The summed E-state index contributed by atoms with van der Waals surface area (Å²) in [5.74, 6) is -1.59. The molecule has 1 amide bonds. The normalized spacial score (nSPS) is 12.1. The number of aryl methyl sites for hydroxylation is 2. The minimum absolute atomic E-state index is 0.211. The van der Waals surface area contributed by atoms with E-state index in [-0.39, 0.29) is 5.69 Å². The van der Waals surface area contributed by atoms with Crippen molar-refractivity contribution in [2.75, 3.05) is 0 Å². The molecule has 1 unspecified atom stereocenters. The topological polar surface area (TPSA) is 84.2 Å². The van der Waals surface area contributed by atoms with Gasteiger partial charge in [-0.15, -0.1) is 11.3 Å². The van der Waals surface area contributed by atoms with Crippen molar-refractivity contribution in [3.63, 3.8) is 0 Å². The maximum absolute atomic E-state index is 12.0. The van der Waals surface area contributed by atoms with Gasteiger partial charge in [-0.2, -0.15) is 5.10 Å². The van der Waals surface area contributed by atoms with Gasteiger partial charge < -0.3 is 10.4 Å². The zero-order valence-corrected chi connectivity index (χ0v) is 11.3. The number of hydrogen-bond donors (Lipinski definition) is 2. The molecule has 100 valence electrons. The number of aliphatic carboxylic acids is 1. The zero-order chi connectivity index (χ0) is 14.0. The maximum atomic E-state index is 12.0. The Labute approximate surface area is 113 Å². The van der Waals surface area contributed by atoms with E-state index in [1.807, 2.05) is 6.92 Å². The van der Waals surface area contributed by atoms with Crippen LogP contribution < -0.4 is 5.32 Å². The van der Waals surface area contributed by atoms with Crippen LogP contribution in [0.4, 0.5) is 0 Å². The SMILES string of the molecule is Cc1cc(C(=O)NC(C(=O)O)c2cccs2)nn1C. The van der Waals surface area contributed by atoms with Crippen molar-refractivity contribution in [2.24, 2.45) is 7.05 Å². The van der Waals surface area contributed by atoms with E-state index < -0.39 is 17.9 Å². The first kappa shape index (κ1) is 13.3. The fourth-order valence-corrected chi connectivity index (χ4v) is 2.35. The Morgan fingerprint density at radius 2 is 2.26 bits per heavy atom. The first-order valence-electron chi connectivity index (χ1n) is 5.56. The van der Waals surface area contributed by atoms with Crippen molar-refractivity contribution < 1.29 is 14.7 Å². The van der Waals surface area contributed by atoms with E-state index >= 15 is 0 Å². The second-order valence-electron chi connectivity index (χ2n) is 4.05. The fourth-order valence-electron chi connectivity index (χ4n) is 1.59. The largest absolute Gasteiger partial charge is 0.479 e. The number of carbonyl (C=O) groups excluding carboxylic acids is 1. The minimum atomic E-state index is -1.09. The molecule has 0 radical (unpaired) electrons. The van der Waals surface area contributed by atoms with Crippen LogP contribution in [0.15, 0.2) is 23.6 Å². The van der Waals surface area contributed by atoms with E-state index in [1.165, 1.54) is 11.3 Å². The lowest BCUT2D eigenvalue weighted by molar-refractivity contribution is -0.139. The van der Waals surface area contributed by atoms with Gasteiger partial charge in [-0.3, -0.25) is 9.48 Å². The molecule has 2 heterocycles. The number of amides is 1. The van der Waals surface area contributed by atoms with Crippen molar-refractivity contribution >= 4 is 23.2 Å². The van der Waals surface area contributed by atoms with Crippen molar-refractivity contribution in [2.45, 2.75) is 13.0 Å². The number of rotatable bonds is 4. The van der Waals surface area contributed by atoms with Crippen LogP contribution >= 0.6 is 11.3 Å². The predicted molar refractivity (Wildman–Crippen MR) is 70.1 cm³/mol. The molecular formula is C12H13N3O3S. The molecule has 0 fully saturated rings. The van der Waals surface area contributed by atoms with E-state index in [1.54, 1.807) is 35.3 Å². The van der Waals surface area contributed by atoms with Crippen LogP contribution in [0.1, 0.15) is 27.1 Å². The van der Waals surface area contributed by atoms with Crippen LogP contribution in [0.3, 0.4) is 0 Å². The molecule has 2 rings (SSSR count). The molecule has 2 aromatic heterocycles. The van der Waals surface area contributed by atoms with Gasteiger partial charge >= 0.3 is 5.97 Å². The van der Waals surface area contributed by atoms with Crippen LogP contribution in [0, 0.1) is 6.92 Å². The second-order valence-corrected chi connectivity index (χ2v) is 5.03. The van der Waals surface area contributed by atoms with E-state index in [4.69, 9.17) is 5.11 Å². The third-order valence-corrected chi connectivity index (χ3v) is 3.63. The molecule has 0 spiro atoms. The third-order valence-electron chi connectivity index (χ3n) is 2.70. The van der Waals surface area contributed by atoms with Gasteiger partial charge in [-0.05, 0) is 24.4 Å². The molecule has 0 bridgehead atoms. The molecule has 2 N–H and O–H groups in total. The first-order valence-corrected chi connectivity index (χ1v) is 6.44. The van der Waals surface area contributed by atoms with Gasteiger partial charge in [0.1, 0.15) is 5.69 Å². The Hall–Kier alpha value is -2.15. The van der Waals surface area contributed by atoms with Crippen LogP contribution in [0.25, 0.3) is 0 Å². The van der Waals surface area contributed by atoms with Gasteiger partial charge in [0.15, 0.2) is 6.04 Å². The smallest absolute Gasteiger partial charge is 0.331 e. The van der Waals surface area contributed by atoms with Crippen LogP contribution in [0.5, 0.6) is 0 Å². The lowest BCUT2D eigenvalue weighted by Gasteiger charge is -2.11. The van der Waals surface area contributed by atoms with Crippen LogP contribution in [0.2, 0.25) is 0 Å². The Morgan fingerprint density at radius 3 is 2.74 bits per heavy atom. The van der Waals surface area contributed by atoms with Crippen molar-refractivity contribution in [3.8, 4) is 0 Å². The molecular weight excluding hydrogens is 266 g/mol. The molecule has 7 heteroatoms. The number of hydrogen-bond acceptors (Lipinski definition) is 4. The lowest BCUT2D eigenvalue weighted by Crippen LogP contribution is -2.33. The van der Waals surface area contributed by atoms with Gasteiger partial charge in [0.25, 0.3) is 5.91 Å². The van der Waals surface area contributed by atoms with E-state index in [0.717, 1.165) is 5.69 Å². The van der Waals surface area contributed by atoms with Gasteiger partial charge in [-0.25, -0.2) is 4.79 Å². The summed E-state index contributed by atoms with van der Waals surface area (Å²) in [4.78, 5) is 23.8. The second kappa shape index (κ2) is 5.23. The average Bonchev–Trinajstić information content (AvgIpc) is 2.97. The molecule has 19 heavy (non-hydrogen) atoms. The van der Waals surface area contributed by atoms with Gasteiger partial charge in [0.05, 0.1) is 0 Å². The number of carboxylic acids is 1. The molecule has 1 atom stereocenters. The monoisotopic (exact) mass is 279 g/mol. The van der Waals surface area contributed by atoms with E-state index in [0.29, 0.717) is 4.88 Å². The summed E-state index contributed by atoms with van der Waals surface area (Å²) in [6.07, 6.45) is 0. The Morgan fingerprint density at radius 1 is 1.53 bits per heavy atom. The Kier molecular flexibility index (Phi) is 3.66. The molecule has 0 saturated carbocycles. The molecule has 0 aromatic carbocycles. The van der Waals surface area contributed by atoms with E-state index in [2.05, 4.69) is 10.4 Å². The molecule has 0 aliphatic carbocycles. The lowest BCUT2D eigenvalue weighted by atomic mass is 10.2. The van der Waals surface area contributed by atoms with Crippen molar-refractivity contribution in [1.82, 2.24) is 15.1 Å². The van der Waals surface area contributed by atoms with Crippen LogP contribution in [-0.2, 0) is 11.8 Å². The number of carboxylic acid groups (broad SMARTS) is 1. The maximum Gasteiger partial charge on any atom is 0.331 e. The molecule has 0 aliphatic heterocycles. The van der Waals surface area contributed by atoms with Crippen LogP contribution in [-0.4, -0.2) is 26.8 Å². The first-order chi connectivity index (χ1) is 8.99. The van der Waals surface area contributed by atoms with Gasteiger partial charge in [-0.1, -0.05) is 6.07 Å². The summed E-state index contributed by atoms with van der Waals surface area (Å²) in [5.41, 5.74) is 1.04. The number of nitrogens with zero attached hydrogens (tertiary/aromatic N) is 2. The highest BCUT2D eigenvalue weighted by Gasteiger charge is 2.24. The highest BCUT2D eigenvalue weighted by Crippen LogP contribution is 2.19. The highest BCUT2D eigenvalue weighted by molar-refractivity contribution is 7.10. The minimum Gasteiger partial charge on any atom is -0.479 e. The summed E-state index contributed by atoms with van der Waals surface area (Å²) in [6, 6.07) is 3.98. The Bertz CT molecular complexity index is 584. The highest BCUT2D eigenvalue weighted by atomic mass is 32.1. The number of thiophene rings is 1. The number of nitrogens with one attached hydrogen (secondary N) is 1. The van der Waals surface area contributed by atoms with Gasteiger partial charge in [0, 0.05) is 17.6 Å². The van der Waals surface area contributed by atoms with E-state index in [9.17, 15) is 9.59 Å². The Balaban J connectivity index is 2.18. The standard InChI is InChI=1S/C12H13N3O3S/c1-7-6-8(14-15(7)2)11(16)13-10(12(17)18)9-4-3-5-19-9/h3-6,10H,1-2H3,(H,13,16)(H,17,18). The summed E-state index contributed by atoms with van der Waals surface area (Å²) >= 11 is 1.28. The van der Waals surface area contributed by atoms with Crippen molar-refractivity contribution in [3.05, 3.63) is 39.8 Å². The molecule has 0 aliphatic rings. The predicted octanol–water partition coefficient (Wildman–Crippen LogP) is 1.35. The van der Waals surface area contributed by atoms with Gasteiger partial charge in [0.2, 0.25) is 0 Å². The zero-order valence-electron chi connectivity index (χ0n) is 10.5. The molecule has 2 aromatic rings. The quantitative estimate of drug-likeness (QED) is 0.884. The third kappa shape index (κ3) is 2.82. The van der Waals surface area contributed by atoms with Crippen molar-refractivity contribution in [1.29, 1.82) is 0 Å². The molecule has 0 saturated heterocycles.